The fourth-order valence-electron chi connectivity index (χ4n) is 1.88. The summed E-state index contributed by atoms with van der Waals surface area (Å²) in [5, 5.41) is 2.44. The van der Waals surface area contributed by atoms with Gasteiger partial charge in [0.05, 0.1) is 13.1 Å². The van der Waals surface area contributed by atoms with E-state index in [0.29, 0.717) is 12.1 Å². The summed E-state index contributed by atoms with van der Waals surface area (Å²) < 4.78 is 0. The van der Waals surface area contributed by atoms with Gasteiger partial charge in [-0.1, -0.05) is 12.1 Å². The van der Waals surface area contributed by atoms with Crippen molar-refractivity contribution in [3.63, 3.8) is 0 Å². The monoisotopic (exact) mass is 433 g/mol. The molecular formula is C15H24IN5O2. The number of primary amides is 1. The first-order chi connectivity index (χ1) is 10.3. The van der Waals surface area contributed by atoms with Gasteiger partial charge in [-0.05, 0) is 17.7 Å². The Hall–Kier alpha value is -1.84. The van der Waals surface area contributed by atoms with E-state index >= 15 is 0 Å². The van der Waals surface area contributed by atoms with Crippen LogP contribution in [-0.4, -0.2) is 62.3 Å². The third-order valence-electron chi connectivity index (χ3n) is 2.84. The zero-order valence-electron chi connectivity index (χ0n) is 13.9. The number of aliphatic imine (C=N–C) groups is 1. The topological polar surface area (TPSA) is 91.0 Å². The Morgan fingerprint density at radius 3 is 2.04 bits per heavy atom. The first-order valence-corrected chi connectivity index (χ1v) is 6.85. The highest BCUT2D eigenvalue weighted by atomic mass is 127. The van der Waals surface area contributed by atoms with Crippen molar-refractivity contribution in [1.82, 2.24) is 15.1 Å². The number of hydrogen-bond acceptors (Lipinski definition) is 3. The minimum atomic E-state index is -0.570. The predicted molar refractivity (Wildman–Crippen MR) is 102 cm³/mol. The van der Waals surface area contributed by atoms with Crippen LogP contribution >= 0.6 is 24.0 Å². The molecule has 2 amide bonds. The van der Waals surface area contributed by atoms with Gasteiger partial charge in [0.15, 0.2) is 5.96 Å². The van der Waals surface area contributed by atoms with Gasteiger partial charge in [-0.25, -0.2) is 4.99 Å². The van der Waals surface area contributed by atoms with Gasteiger partial charge < -0.3 is 20.9 Å². The van der Waals surface area contributed by atoms with Crippen molar-refractivity contribution in [3.05, 3.63) is 35.4 Å². The summed E-state index contributed by atoms with van der Waals surface area (Å²) in [5.41, 5.74) is 6.46. The second kappa shape index (κ2) is 10.0. The molecule has 7 nitrogen and oxygen atoms in total. The maximum absolute atomic E-state index is 11.7. The minimum Gasteiger partial charge on any atom is -0.368 e. The van der Waals surface area contributed by atoms with Crippen LogP contribution in [0.4, 0.5) is 0 Å². The van der Waals surface area contributed by atoms with Crippen molar-refractivity contribution >= 4 is 41.8 Å². The van der Waals surface area contributed by atoms with Gasteiger partial charge in [0, 0.05) is 33.8 Å². The molecular weight excluding hydrogens is 409 g/mol. The highest BCUT2D eigenvalue weighted by Gasteiger charge is 2.07. The van der Waals surface area contributed by atoms with Gasteiger partial charge in [0.25, 0.3) is 5.91 Å². The van der Waals surface area contributed by atoms with Gasteiger partial charge in [-0.2, -0.15) is 0 Å². The molecule has 23 heavy (non-hydrogen) atoms. The molecule has 0 saturated heterocycles. The van der Waals surface area contributed by atoms with Gasteiger partial charge in [-0.15, -0.1) is 24.0 Å². The quantitative estimate of drug-likeness (QED) is 0.402. The van der Waals surface area contributed by atoms with Gasteiger partial charge in [0.2, 0.25) is 5.91 Å². The summed E-state index contributed by atoms with van der Waals surface area (Å²) in [5.74, 6) is -0.0291. The number of hydrogen-bond donors (Lipinski definition) is 2. The van der Waals surface area contributed by atoms with Crippen LogP contribution in [0.2, 0.25) is 0 Å². The normalized spacial score (nSPS) is 9.39. The van der Waals surface area contributed by atoms with Crippen molar-refractivity contribution in [3.8, 4) is 0 Å². The molecule has 0 bridgehead atoms. The second-order valence-corrected chi connectivity index (χ2v) is 5.25. The number of nitrogens with one attached hydrogen (secondary N) is 1. The first kappa shape index (κ1) is 21.2. The predicted octanol–water partition coefficient (Wildman–Crippen LogP) is 0.499. The van der Waals surface area contributed by atoms with E-state index in [1.54, 1.807) is 12.1 Å². The number of halogens is 1. The van der Waals surface area contributed by atoms with Crippen molar-refractivity contribution in [2.45, 2.75) is 6.54 Å². The molecule has 0 aliphatic rings. The lowest BCUT2D eigenvalue weighted by atomic mass is 10.1. The van der Waals surface area contributed by atoms with E-state index < -0.39 is 5.91 Å². The van der Waals surface area contributed by atoms with E-state index in [2.05, 4.69) is 10.3 Å². The summed E-state index contributed by atoms with van der Waals surface area (Å²) >= 11 is 0. The van der Waals surface area contributed by atoms with Crippen LogP contribution in [0, 0.1) is 0 Å². The zero-order chi connectivity index (χ0) is 16.7. The van der Waals surface area contributed by atoms with E-state index in [1.807, 2.05) is 50.1 Å². The van der Waals surface area contributed by atoms with E-state index in [1.165, 1.54) is 0 Å². The summed E-state index contributed by atoms with van der Waals surface area (Å²) in [4.78, 5) is 30.8. The minimum absolute atomic E-state index is 0. The largest absolute Gasteiger partial charge is 0.368 e. The Kier molecular flexibility index (Phi) is 9.23. The fraction of sp³-hybridized carbons (Fsp3) is 0.400. The van der Waals surface area contributed by atoms with E-state index in [-0.39, 0.29) is 36.4 Å². The number of amides is 2. The molecule has 0 saturated carbocycles. The number of carbonyl (C=O) groups is 2. The Balaban J connectivity index is 0.00000484. The molecule has 0 aliphatic heterocycles. The van der Waals surface area contributed by atoms with Crippen molar-refractivity contribution in [2.75, 3.05) is 34.7 Å². The van der Waals surface area contributed by atoms with Crippen LogP contribution in [0.15, 0.2) is 29.3 Å². The molecule has 8 heteroatoms. The summed E-state index contributed by atoms with van der Waals surface area (Å²) in [6.07, 6.45) is 0. The summed E-state index contributed by atoms with van der Waals surface area (Å²) in [7, 11) is 7.74. The number of nitrogens with two attached hydrogens (primary N) is 1. The summed E-state index contributed by atoms with van der Waals surface area (Å²) in [6.45, 7) is 0.356. The van der Waals surface area contributed by atoms with Crippen molar-refractivity contribution in [1.29, 1.82) is 0 Å². The van der Waals surface area contributed by atoms with E-state index in [4.69, 9.17) is 5.73 Å². The zero-order valence-corrected chi connectivity index (χ0v) is 16.2. The second-order valence-electron chi connectivity index (χ2n) is 5.25. The molecule has 0 spiro atoms. The average molecular weight is 433 g/mol. The fourth-order valence-corrected chi connectivity index (χ4v) is 1.88. The third kappa shape index (κ3) is 7.31. The SMILES string of the molecule is CN(C)C(=NCc1ccc(C(=O)NCC(N)=O)cc1)N(C)C.I. The number of rotatable bonds is 5. The maximum atomic E-state index is 11.7. The Morgan fingerprint density at radius 2 is 1.61 bits per heavy atom. The van der Waals surface area contributed by atoms with Crippen LogP contribution in [0.5, 0.6) is 0 Å². The molecule has 0 aliphatic carbocycles. The third-order valence-corrected chi connectivity index (χ3v) is 2.84. The van der Waals surface area contributed by atoms with E-state index in [9.17, 15) is 9.59 Å². The Bertz CT molecular complexity index is 545. The lowest BCUT2D eigenvalue weighted by Gasteiger charge is -2.22. The van der Waals surface area contributed by atoms with Crippen LogP contribution in [-0.2, 0) is 11.3 Å². The molecule has 128 valence electrons. The number of benzene rings is 1. The Morgan fingerprint density at radius 1 is 1.09 bits per heavy atom. The van der Waals surface area contributed by atoms with Crippen LogP contribution in [0.1, 0.15) is 15.9 Å². The van der Waals surface area contributed by atoms with Gasteiger partial charge in [-0.3, -0.25) is 9.59 Å². The first-order valence-electron chi connectivity index (χ1n) is 6.85. The molecule has 1 rings (SSSR count). The molecule has 0 fully saturated rings. The molecule has 0 atom stereocenters. The van der Waals surface area contributed by atoms with E-state index in [0.717, 1.165) is 11.5 Å². The van der Waals surface area contributed by atoms with Gasteiger partial charge in [0.1, 0.15) is 0 Å². The van der Waals surface area contributed by atoms with Crippen molar-refractivity contribution < 1.29 is 9.59 Å². The summed E-state index contributed by atoms with van der Waals surface area (Å²) in [6, 6.07) is 7.08. The molecule has 0 radical (unpaired) electrons. The van der Waals surface area contributed by atoms with Crippen LogP contribution < -0.4 is 11.1 Å². The van der Waals surface area contributed by atoms with Crippen LogP contribution in [0.3, 0.4) is 0 Å². The van der Waals surface area contributed by atoms with Crippen LogP contribution in [0.25, 0.3) is 0 Å². The molecule has 0 unspecified atom stereocenters. The molecule has 3 N–H and O–H groups in total. The maximum Gasteiger partial charge on any atom is 0.251 e. The number of guanidine groups is 1. The lowest BCUT2D eigenvalue weighted by Crippen LogP contribution is -2.35. The molecule has 1 aromatic rings. The van der Waals surface area contributed by atoms with Crippen molar-refractivity contribution in [2.24, 2.45) is 10.7 Å². The molecule has 0 heterocycles. The smallest absolute Gasteiger partial charge is 0.251 e. The highest BCUT2D eigenvalue weighted by molar-refractivity contribution is 14.0. The number of carbonyl (C=O) groups excluding carboxylic acids is 2. The number of nitrogens with zero attached hydrogens (tertiary/aromatic N) is 3. The molecule has 0 aromatic heterocycles. The highest BCUT2D eigenvalue weighted by Crippen LogP contribution is 2.06. The Labute approximate surface area is 153 Å². The standard InChI is InChI=1S/C15H23N5O2.HI/c1-19(2)15(20(3)4)18-9-11-5-7-12(8-6-11)14(22)17-10-13(16)21;/h5-8H,9-10H2,1-4H3,(H2,16,21)(H,17,22);1H. The average Bonchev–Trinajstić information content (AvgIpc) is 2.44. The van der Waals surface area contributed by atoms with Gasteiger partial charge >= 0.3 is 0 Å². The lowest BCUT2D eigenvalue weighted by molar-refractivity contribution is -0.117. The molecule has 1 aromatic carbocycles.